The average Bonchev–Trinajstić information content (AvgIpc) is 2.53. The Kier molecular flexibility index (Phi) is 4.37. The minimum Gasteiger partial charge on any atom is -0.508 e. The fourth-order valence-corrected chi connectivity index (χ4v) is 2.66. The first-order valence-electron chi connectivity index (χ1n) is 7.23. The van der Waals surface area contributed by atoms with Gasteiger partial charge in [-0.15, -0.1) is 0 Å². The van der Waals surface area contributed by atoms with E-state index in [1.165, 1.54) is 12.1 Å². The van der Waals surface area contributed by atoms with Crippen molar-refractivity contribution < 1.29 is 15.0 Å². The highest BCUT2D eigenvalue weighted by atomic mass is 16.3. The largest absolute Gasteiger partial charge is 0.508 e. The van der Waals surface area contributed by atoms with Crippen molar-refractivity contribution in [3.8, 4) is 5.75 Å². The van der Waals surface area contributed by atoms with Crippen molar-refractivity contribution in [2.24, 2.45) is 11.3 Å². The Labute approximate surface area is 125 Å². The number of carbonyl (C=O) groups excluding carboxylic acids is 1. The molecule has 0 spiro atoms. The normalized spacial score (nSPS) is 24.9. The van der Waals surface area contributed by atoms with Crippen LogP contribution in [0.15, 0.2) is 35.9 Å². The predicted molar refractivity (Wildman–Crippen MR) is 83.0 cm³/mol. The number of hydrogen-bond acceptors (Lipinski definition) is 3. The number of carbonyl (C=O) groups is 1. The predicted octanol–water partition coefficient (Wildman–Crippen LogP) is 3.07. The molecule has 1 amide bonds. The lowest BCUT2D eigenvalue weighted by Gasteiger charge is -2.32. The van der Waals surface area contributed by atoms with Crippen LogP contribution in [0.2, 0.25) is 0 Å². The highest BCUT2D eigenvalue weighted by Crippen LogP contribution is 2.37. The maximum absolute atomic E-state index is 12.5. The summed E-state index contributed by atoms with van der Waals surface area (Å²) >= 11 is 0. The summed E-state index contributed by atoms with van der Waals surface area (Å²) in [6, 6.07) is 6.33. The maximum atomic E-state index is 12.5. The van der Waals surface area contributed by atoms with Crippen LogP contribution in [0.3, 0.4) is 0 Å². The third-order valence-electron chi connectivity index (χ3n) is 4.17. The molecule has 21 heavy (non-hydrogen) atoms. The summed E-state index contributed by atoms with van der Waals surface area (Å²) in [5.41, 5.74) is 1.42. The number of aromatic hydroxyl groups is 1. The van der Waals surface area contributed by atoms with Crippen LogP contribution in [-0.2, 0) is 4.79 Å². The van der Waals surface area contributed by atoms with Crippen molar-refractivity contribution in [3.05, 3.63) is 35.9 Å². The van der Waals surface area contributed by atoms with Gasteiger partial charge in [0.2, 0.25) is 5.91 Å². The molecule has 1 aliphatic carbocycles. The number of phenolic OH excluding ortho intramolecular Hbond substituents is 1. The molecule has 1 aromatic carbocycles. The molecule has 0 fully saturated rings. The van der Waals surface area contributed by atoms with E-state index in [4.69, 9.17) is 0 Å². The number of benzene rings is 1. The molecular weight excluding hydrogens is 266 g/mol. The highest BCUT2D eigenvalue weighted by molar-refractivity contribution is 5.93. The van der Waals surface area contributed by atoms with Crippen molar-refractivity contribution in [1.29, 1.82) is 0 Å². The highest BCUT2D eigenvalue weighted by Gasteiger charge is 2.39. The zero-order valence-electron chi connectivity index (χ0n) is 12.8. The standard InChI is InChI=1S/C17H23NO3/c1-11-8-9-17(2,3)15(20)14(10-11)16(21)18-12-4-6-13(19)7-5-12/h4-8,14-15,19-20H,9-10H2,1-3H3,(H,18,21). The summed E-state index contributed by atoms with van der Waals surface area (Å²) in [4.78, 5) is 12.5. The van der Waals surface area contributed by atoms with Gasteiger partial charge in [-0.1, -0.05) is 25.5 Å². The second-order valence-corrected chi connectivity index (χ2v) is 6.53. The minimum atomic E-state index is -0.691. The summed E-state index contributed by atoms with van der Waals surface area (Å²) in [5, 5.41) is 22.6. The Balaban J connectivity index is 2.16. The van der Waals surface area contributed by atoms with Gasteiger partial charge in [-0.3, -0.25) is 4.79 Å². The van der Waals surface area contributed by atoms with Crippen molar-refractivity contribution >= 4 is 11.6 Å². The van der Waals surface area contributed by atoms with Crippen molar-refractivity contribution in [3.63, 3.8) is 0 Å². The second kappa shape index (κ2) is 5.90. The topological polar surface area (TPSA) is 69.6 Å². The molecule has 0 heterocycles. The number of anilines is 1. The fourth-order valence-electron chi connectivity index (χ4n) is 2.66. The van der Waals surface area contributed by atoms with E-state index in [1.54, 1.807) is 12.1 Å². The van der Waals surface area contributed by atoms with Gasteiger partial charge in [0.25, 0.3) is 0 Å². The molecule has 4 nitrogen and oxygen atoms in total. The molecule has 1 aliphatic rings. The third kappa shape index (κ3) is 3.64. The van der Waals surface area contributed by atoms with Gasteiger partial charge in [0.15, 0.2) is 0 Å². The Bertz CT molecular complexity index is 546. The van der Waals surface area contributed by atoms with E-state index < -0.39 is 12.0 Å². The van der Waals surface area contributed by atoms with Crippen molar-refractivity contribution in [1.82, 2.24) is 0 Å². The molecule has 2 unspecified atom stereocenters. The van der Waals surface area contributed by atoms with Gasteiger partial charge in [-0.05, 0) is 49.4 Å². The molecule has 0 saturated heterocycles. The van der Waals surface area contributed by atoms with Gasteiger partial charge < -0.3 is 15.5 Å². The first-order chi connectivity index (χ1) is 9.79. The maximum Gasteiger partial charge on any atom is 0.230 e. The summed E-state index contributed by atoms with van der Waals surface area (Å²) in [5.74, 6) is -0.495. The quantitative estimate of drug-likeness (QED) is 0.579. The van der Waals surface area contributed by atoms with Crippen molar-refractivity contribution in [2.75, 3.05) is 5.32 Å². The van der Waals surface area contributed by atoms with Crippen LogP contribution in [0.1, 0.15) is 33.6 Å². The molecule has 3 N–H and O–H groups in total. The van der Waals surface area contributed by atoms with E-state index in [-0.39, 0.29) is 17.1 Å². The van der Waals surface area contributed by atoms with Gasteiger partial charge in [0, 0.05) is 5.69 Å². The lowest BCUT2D eigenvalue weighted by Crippen LogP contribution is -2.41. The average molecular weight is 289 g/mol. The van der Waals surface area contributed by atoms with E-state index >= 15 is 0 Å². The number of nitrogens with one attached hydrogen (secondary N) is 1. The molecule has 4 heteroatoms. The second-order valence-electron chi connectivity index (χ2n) is 6.53. The number of hydrogen-bond donors (Lipinski definition) is 3. The van der Waals surface area contributed by atoms with Crippen LogP contribution in [0, 0.1) is 11.3 Å². The molecule has 2 atom stereocenters. The molecule has 0 radical (unpaired) electrons. The van der Waals surface area contributed by atoms with E-state index in [0.29, 0.717) is 12.1 Å². The van der Waals surface area contributed by atoms with Crippen LogP contribution in [0.4, 0.5) is 5.69 Å². The van der Waals surface area contributed by atoms with Gasteiger partial charge in [0.1, 0.15) is 5.75 Å². The van der Waals surface area contributed by atoms with Gasteiger partial charge in [-0.25, -0.2) is 0 Å². The fraction of sp³-hybridized carbons (Fsp3) is 0.471. The zero-order valence-corrected chi connectivity index (χ0v) is 12.8. The Morgan fingerprint density at radius 2 is 1.90 bits per heavy atom. The number of phenols is 1. The van der Waals surface area contributed by atoms with Crippen LogP contribution in [-0.4, -0.2) is 22.2 Å². The molecular formula is C17H23NO3. The monoisotopic (exact) mass is 289 g/mol. The zero-order chi connectivity index (χ0) is 15.6. The summed E-state index contributed by atoms with van der Waals surface area (Å²) in [6.07, 6.45) is 2.75. The van der Waals surface area contributed by atoms with E-state index in [2.05, 4.69) is 11.4 Å². The molecule has 114 valence electrons. The minimum absolute atomic E-state index is 0.155. The smallest absolute Gasteiger partial charge is 0.230 e. The van der Waals surface area contributed by atoms with Gasteiger partial charge in [-0.2, -0.15) is 0 Å². The molecule has 0 aliphatic heterocycles. The Morgan fingerprint density at radius 1 is 1.29 bits per heavy atom. The van der Waals surface area contributed by atoms with Crippen LogP contribution in [0.5, 0.6) is 5.75 Å². The van der Waals surface area contributed by atoms with E-state index in [9.17, 15) is 15.0 Å². The number of rotatable bonds is 2. The lowest BCUT2D eigenvalue weighted by atomic mass is 9.77. The number of amides is 1. The van der Waals surface area contributed by atoms with E-state index in [0.717, 1.165) is 12.0 Å². The first kappa shape index (κ1) is 15.6. The Morgan fingerprint density at radius 3 is 2.52 bits per heavy atom. The van der Waals surface area contributed by atoms with E-state index in [1.807, 2.05) is 20.8 Å². The van der Waals surface area contributed by atoms with Crippen LogP contribution in [0.25, 0.3) is 0 Å². The summed E-state index contributed by atoms with van der Waals surface area (Å²) in [7, 11) is 0. The SMILES string of the molecule is CC1=CCC(C)(C)C(O)C(C(=O)Nc2ccc(O)cc2)C1. The third-order valence-corrected chi connectivity index (χ3v) is 4.17. The van der Waals surface area contributed by atoms with Crippen LogP contribution >= 0.6 is 0 Å². The number of aliphatic hydroxyl groups is 1. The molecule has 0 saturated carbocycles. The van der Waals surface area contributed by atoms with Crippen molar-refractivity contribution in [2.45, 2.75) is 39.7 Å². The van der Waals surface area contributed by atoms with Gasteiger partial charge in [0.05, 0.1) is 12.0 Å². The molecule has 0 aromatic heterocycles. The Hall–Kier alpha value is -1.81. The molecule has 2 rings (SSSR count). The molecule has 0 bridgehead atoms. The van der Waals surface area contributed by atoms with Gasteiger partial charge >= 0.3 is 0 Å². The summed E-state index contributed by atoms with van der Waals surface area (Å²) in [6.45, 7) is 5.95. The molecule has 1 aromatic rings. The number of aliphatic hydroxyl groups excluding tert-OH is 1. The number of allylic oxidation sites excluding steroid dienone is 2. The lowest BCUT2D eigenvalue weighted by molar-refractivity contribution is -0.126. The van der Waals surface area contributed by atoms with Crippen LogP contribution < -0.4 is 5.32 Å². The summed E-state index contributed by atoms with van der Waals surface area (Å²) < 4.78 is 0. The first-order valence-corrected chi connectivity index (χ1v) is 7.23.